The second kappa shape index (κ2) is 5.36. The molecular formula is C13H26N2O2. The smallest absolute Gasteiger partial charge is 0.304 e. The minimum atomic E-state index is -0.703. The highest BCUT2D eigenvalue weighted by Gasteiger charge is 2.32. The number of carboxylic acids is 1. The van der Waals surface area contributed by atoms with Gasteiger partial charge in [0.2, 0.25) is 0 Å². The monoisotopic (exact) mass is 242 g/mol. The van der Waals surface area contributed by atoms with Crippen LogP contribution in [0.1, 0.15) is 34.1 Å². The first-order chi connectivity index (χ1) is 7.70. The zero-order chi connectivity index (χ0) is 13.2. The van der Waals surface area contributed by atoms with Gasteiger partial charge in [-0.15, -0.1) is 0 Å². The van der Waals surface area contributed by atoms with Gasteiger partial charge in [-0.2, -0.15) is 0 Å². The zero-order valence-corrected chi connectivity index (χ0v) is 11.7. The van der Waals surface area contributed by atoms with E-state index in [0.29, 0.717) is 5.92 Å². The highest BCUT2D eigenvalue weighted by Crippen LogP contribution is 2.22. The van der Waals surface area contributed by atoms with Crippen LogP contribution in [0, 0.1) is 5.92 Å². The third-order valence-electron chi connectivity index (χ3n) is 3.55. The molecule has 1 aliphatic heterocycles. The fraction of sp³-hybridized carbons (Fsp3) is 0.923. The molecule has 0 amide bonds. The topological polar surface area (TPSA) is 43.8 Å². The number of carbonyl (C=O) groups is 1. The van der Waals surface area contributed by atoms with Crippen molar-refractivity contribution >= 4 is 5.97 Å². The first-order valence-corrected chi connectivity index (χ1v) is 6.37. The Morgan fingerprint density at radius 3 is 2.35 bits per heavy atom. The molecule has 0 bridgehead atoms. The van der Waals surface area contributed by atoms with Crippen LogP contribution < -0.4 is 0 Å². The summed E-state index contributed by atoms with van der Waals surface area (Å²) in [6.45, 7) is 11.7. The lowest BCUT2D eigenvalue weighted by Gasteiger charge is -2.37. The van der Waals surface area contributed by atoms with Crippen LogP contribution in [0.25, 0.3) is 0 Å². The van der Waals surface area contributed by atoms with Gasteiger partial charge in [-0.3, -0.25) is 9.69 Å². The van der Waals surface area contributed by atoms with E-state index in [9.17, 15) is 4.79 Å². The minimum Gasteiger partial charge on any atom is -0.481 e. The lowest BCUT2D eigenvalue weighted by atomic mass is 10.0. The summed E-state index contributed by atoms with van der Waals surface area (Å²) in [5.41, 5.74) is 0.107. The molecule has 0 spiro atoms. The molecule has 0 aromatic heterocycles. The first-order valence-electron chi connectivity index (χ1n) is 6.37. The summed E-state index contributed by atoms with van der Waals surface area (Å²) >= 11 is 0. The molecule has 4 nitrogen and oxygen atoms in total. The van der Waals surface area contributed by atoms with E-state index >= 15 is 0 Å². The lowest BCUT2D eigenvalue weighted by molar-refractivity contribution is -0.138. The molecule has 4 heteroatoms. The van der Waals surface area contributed by atoms with E-state index in [1.165, 1.54) is 0 Å². The van der Waals surface area contributed by atoms with Gasteiger partial charge in [0.25, 0.3) is 0 Å². The van der Waals surface area contributed by atoms with Crippen molar-refractivity contribution in [2.24, 2.45) is 5.92 Å². The first kappa shape index (κ1) is 14.5. The molecule has 1 saturated heterocycles. The number of nitrogens with zero attached hydrogens (tertiary/aromatic N) is 2. The predicted molar refractivity (Wildman–Crippen MR) is 69.2 cm³/mol. The SMILES string of the molecule is CC1CN(C)C(CC(=O)O)CN(C(C)(C)C)C1. The van der Waals surface area contributed by atoms with Crippen molar-refractivity contribution in [2.45, 2.75) is 45.7 Å². The molecule has 1 aliphatic rings. The molecule has 1 fully saturated rings. The maximum absolute atomic E-state index is 10.9. The Balaban J connectivity index is 2.80. The van der Waals surface area contributed by atoms with E-state index in [-0.39, 0.29) is 18.0 Å². The van der Waals surface area contributed by atoms with Crippen LogP contribution in [0.5, 0.6) is 0 Å². The van der Waals surface area contributed by atoms with Gasteiger partial charge >= 0.3 is 5.97 Å². The van der Waals surface area contributed by atoms with Crippen LogP contribution in [0.2, 0.25) is 0 Å². The summed E-state index contributed by atoms with van der Waals surface area (Å²) in [6.07, 6.45) is 0.232. The molecule has 2 unspecified atom stereocenters. The van der Waals surface area contributed by atoms with Crippen molar-refractivity contribution in [1.29, 1.82) is 0 Å². The summed E-state index contributed by atoms with van der Waals surface area (Å²) < 4.78 is 0. The third-order valence-corrected chi connectivity index (χ3v) is 3.55. The van der Waals surface area contributed by atoms with Crippen LogP contribution in [0.4, 0.5) is 0 Å². The van der Waals surface area contributed by atoms with Crippen LogP contribution in [-0.4, -0.2) is 59.1 Å². The lowest BCUT2D eigenvalue weighted by Crippen LogP contribution is -2.47. The average Bonchev–Trinajstić information content (AvgIpc) is 2.24. The quantitative estimate of drug-likeness (QED) is 0.797. The molecule has 0 saturated carbocycles. The van der Waals surface area contributed by atoms with E-state index in [1.54, 1.807) is 0 Å². The van der Waals surface area contributed by atoms with Crippen molar-refractivity contribution in [2.75, 3.05) is 26.7 Å². The van der Waals surface area contributed by atoms with E-state index < -0.39 is 5.97 Å². The van der Waals surface area contributed by atoms with Gasteiger partial charge in [-0.25, -0.2) is 0 Å². The van der Waals surface area contributed by atoms with E-state index in [4.69, 9.17) is 5.11 Å². The standard InChI is InChI=1S/C13H26N2O2/c1-10-7-14(5)11(6-12(16)17)9-15(8-10)13(2,3)4/h10-11H,6-9H2,1-5H3,(H,16,17). The van der Waals surface area contributed by atoms with Crippen molar-refractivity contribution < 1.29 is 9.90 Å². The van der Waals surface area contributed by atoms with Crippen molar-refractivity contribution in [3.05, 3.63) is 0 Å². The Morgan fingerprint density at radius 1 is 1.29 bits per heavy atom. The Kier molecular flexibility index (Phi) is 4.55. The molecule has 0 aromatic carbocycles. The predicted octanol–water partition coefficient (Wildman–Crippen LogP) is 1.51. The summed E-state index contributed by atoms with van der Waals surface area (Å²) in [6, 6.07) is 0.122. The van der Waals surface area contributed by atoms with E-state index in [2.05, 4.69) is 37.5 Å². The Morgan fingerprint density at radius 2 is 1.88 bits per heavy atom. The number of rotatable bonds is 2. The summed E-state index contributed by atoms with van der Waals surface area (Å²) in [7, 11) is 2.04. The fourth-order valence-electron chi connectivity index (χ4n) is 2.51. The van der Waals surface area contributed by atoms with Crippen molar-refractivity contribution in [1.82, 2.24) is 9.80 Å². The number of carboxylic acid groups (broad SMARTS) is 1. The highest BCUT2D eigenvalue weighted by molar-refractivity contribution is 5.67. The van der Waals surface area contributed by atoms with Gasteiger partial charge in [0, 0.05) is 31.2 Å². The fourth-order valence-corrected chi connectivity index (χ4v) is 2.51. The number of aliphatic carboxylic acids is 1. The highest BCUT2D eigenvalue weighted by atomic mass is 16.4. The molecule has 1 heterocycles. The Bertz CT molecular complexity index is 273. The Hall–Kier alpha value is -0.610. The molecule has 1 N–H and O–H groups in total. The van der Waals surface area contributed by atoms with Gasteiger partial charge in [0.1, 0.15) is 0 Å². The molecule has 0 aliphatic carbocycles. The molecule has 100 valence electrons. The van der Waals surface area contributed by atoms with Crippen LogP contribution in [-0.2, 0) is 4.79 Å². The van der Waals surface area contributed by atoms with Crippen LogP contribution >= 0.6 is 0 Å². The van der Waals surface area contributed by atoms with E-state index in [0.717, 1.165) is 19.6 Å². The van der Waals surface area contributed by atoms with Gasteiger partial charge < -0.3 is 10.0 Å². The molecule has 0 radical (unpaired) electrons. The molecular weight excluding hydrogens is 216 g/mol. The average molecular weight is 242 g/mol. The number of hydrogen-bond acceptors (Lipinski definition) is 3. The normalized spacial score (nSPS) is 29.0. The second-order valence-electron chi connectivity index (χ2n) is 6.37. The van der Waals surface area contributed by atoms with Gasteiger partial charge in [0.05, 0.1) is 6.42 Å². The van der Waals surface area contributed by atoms with Gasteiger partial charge in [-0.05, 0) is 33.7 Å². The second-order valence-corrected chi connectivity index (χ2v) is 6.37. The molecule has 2 atom stereocenters. The Labute approximate surface area is 105 Å². The summed E-state index contributed by atoms with van der Waals surface area (Å²) in [4.78, 5) is 15.5. The minimum absolute atomic E-state index is 0.107. The molecule has 17 heavy (non-hydrogen) atoms. The van der Waals surface area contributed by atoms with Gasteiger partial charge in [0.15, 0.2) is 0 Å². The zero-order valence-electron chi connectivity index (χ0n) is 11.7. The van der Waals surface area contributed by atoms with Gasteiger partial charge in [-0.1, -0.05) is 6.92 Å². The largest absolute Gasteiger partial charge is 0.481 e. The van der Waals surface area contributed by atoms with Crippen molar-refractivity contribution in [3.8, 4) is 0 Å². The number of likely N-dealkylation sites (N-methyl/N-ethyl adjacent to an activating group) is 1. The third kappa shape index (κ3) is 4.28. The van der Waals surface area contributed by atoms with E-state index in [1.807, 2.05) is 7.05 Å². The molecule has 0 aromatic rings. The molecule has 1 rings (SSSR count). The van der Waals surface area contributed by atoms with Crippen LogP contribution in [0.15, 0.2) is 0 Å². The summed E-state index contributed by atoms with van der Waals surface area (Å²) in [5, 5.41) is 8.99. The maximum atomic E-state index is 10.9. The van der Waals surface area contributed by atoms with Crippen LogP contribution in [0.3, 0.4) is 0 Å². The summed E-state index contributed by atoms with van der Waals surface area (Å²) in [5.74, 6) is -0.122. The number of hydrogen-bond donors (Lipinski definition) is 1. The maximum Gasteiger partial charge on any atom is 0.304 e. The van der Waals surface area contributed by atoms with Crippen molar-refractivity contribution in [3.63, 3.8) is 0 Å².